The van der Waals surface area contributed by atoms with E-state index in [9.17, 15) is 9.59 Å². The topological polar surface area (TPSA) is 86.2 Å². The molecular weight excluding hydrogens is 456 g/mol. The van der Waals surface area contributed by atoms with Crippen LogP contribution in [0.15, 0.2) is 90.0 Å². The molecule has 0 saturated carbocycles. The van der Waals surface area contributed by atoms with E-state index in [0.717, 1.165) is 16.3 Å². The van der Waals surface area contributed by atoms with Crippen molar-refractivity contribution >= 4 is 28.9 Å². The smallest absolute Gasteiger partial charge is 0.343 e. The van der Waals surface area contributed by atoms with Crippen LogP contribution in [0.2, 0.25) is 0 Å². The Bertz CT molecular complexity index is 1410. The maximum Gasteiger partial charge on any atom is 0.343 e. The van der Waals surface area contributed by atoms with Crippen molar-refractivity contribution in [2.75, 3.05) is 7.11 Å². The Morgan fingerprint density at radius 3 is 2.42 bits per heavy atom. The van der Waals surface area contributed by atoms with E-state index in [1.807, 2.05) is 61.5 Å². The minimum absolute atomic E-state index is 0.279. The molecule has 36 heavy (non-hydrogen) atoms. The van der Waals surface area contributed by atoms with Gasteiger partial charge in [-0.2, -0.15) is 5.10 Å². The number of carbonyl (C=O) groups is 2. The molecule has 7 heteroatoms. The molecule has 182 valence electrons. The van der Waals surface area contributed by atoms with Gasteiger partial charge in [0.15, 0.2) is 17.6 Å². The number of methoxy groups -OCH3 is 1. The van der Waals surface area contributed by atoms with E-state index in [0.29, 0.717) is 22.6 Å². The fourth-order valence-corrected chi connectivity index (χ4v) is 3.50. The SMILES string of the molecule is COc1cc(/C=N\NC(=O)[C@H](C)Oc2cccc3ccccc23)ccc1OC(=O)c1ccc(C)cc1. The summed E-state index contributed by atoms with van der Waals surface area (Å²) in [7, 11) is 1.48. The highest BCUT2D eigenvalue weighted by atomic mass is 16.6. The van der Waals surface area contributed by atoms with Gasteiger partial charge in [0.2, 0.25) is 0 Å². The molecule has 1 amide bonds. The van der Waals surface area contributed by atoms with Crippen molar-refractivity contribution in [3.8, 4) is 17.2 Å². The zero-order valence-electron chi connectivity index (χ0n) is 20.2. The van der Waals surface area contributed by atoms with Crippen LogP contribution in [0.1, 0.15) is 28.4 Å². The molecule has 0 aromatic heterocycles. The maximum absolute atomic E-state index is 12.5. The summed E-state index contributed by atoms with van der Waals surface area (Å²) < 4.78 is 16.7. The molecule has 4 aromatic rings. The standard InChI is InChI=1S/C29H26N2O5/c1-19-11-14-23(15-12-19)29(33)36-26-16-13-21(17-27(26)34-3)18-30-31-28(32)20(2)35-25-10-6-8-22-7-4-5-9-24(22)25/h4-18,20H,1-3H3,(H,31,32)/b30-18-/t20-/m0/s1. The van der Waals surface area contributed by atoms with E-state index in [1.54, 1.807) is 37.3 Å². The molecule has 0 heterocycles. The molecule has 0 aliphatic heterocycles. The number of fused-ring (bicyclic) bond motifs is 1. The zero-order chi connectivity index (χ0) is 25.5. The summed E-state index contributed by atoms with van der Waals surface area (Å²) >= 11 is 0. The van der Waals surface area contributed by atoms with E-state index in [4.69, 9.17) is 14.2 Å². The second kappa shape index (κ2) is 11.2. The van der Waals surface area contributed by atoms with Gasteiger partial charge in [0.05, 0.1) is 18.9 Å². The fraction of sp³-hybridized carbons (Fsp3) is 0.138. The van der Waals surface area contributed by atoms with Crippen molar-refractivity contribution in [3.05, 3.63) is 102 Å². The fourth-order valence-electron chi connectivity index (χ4n) is 3.50. The third-order valence-electron chi connectivity index (χ3n) is 5.49. The summed E-state index contributed by atoms with van der Waals surface area (Å²) in [5.74, 6) is 0.386. The third kappa shape index (κ3) is 5.88. The van der Waals surface area contributed by atoms with Crippen LogP contribution < -0.4 is 19.6 Å². The summed E-state index contributed by atoms with van der Waals surface area (Å²) in [6.07, 6.45) is 0.711. The summed E-state index contributed by atoms with van der Waals surface area (Å²) in [6.45, 7) is 3.60. The number of nitrogens with zero attached hydrogens (tertiary/aromatic N) is 1. The number of hydrogen-bond donors (Lipinski definition) is 1. The number of nitrogens with one attached hydrogen (secondary N) is 1. The lowest BCUT2D eigenvalue weighted by molar-refractivity contribution is -0.127. The van der Waals surface area contributed by atoms with Crippen LogP contribution in [0.4, 0.5) is 0 Å². The van der Waals surface area contributed by atoms with Gasteiger partial charge >= 0.3 is 5.97 Å². The lowest BCUT2D eigenvalue weighted by atomic mass is 10.1. The quantitative estimate of drug-likeness (QED) is 0.160. The number of hydrazone groups is 1. The van der Waals surface area contributed by atoms with Gasteiger partial charge in [-0.1, -0.05) is 54.1 Å². The van der Waals surface area contributed by atoms with Crippen LogP contribution in [0.5, 0.6) is 17.2 Å². The van der Waals surface area contributed by atoms with Gasteiger partial charge in [-0.15, -0.1) is 0 Å². The summed E-state index contributed by atoms with van der Waals surface area (Å²) in [6, 6.07) is 25.6. The van der Waals surface area contributed by atoms with Gasteiger partial charge in [0.25, 0.3) is 5.91 Å². The van der Waals surface area contributed by atoms with Crippen LogP contribution >= 0.6 is 0 Å². The maximum atomic E-state index is 12.5. The first-order valence-electron chi connectivity index (χ1n) is 11.4. The van der Waals surface area contributed by atoms with Gasteiger partial charge in [-0.25, -0.2) is 10.2 Å². The highest BCUT2D eigenvalue weighted by Crippen LogP contribution is 2.29. The number of hydrogen-bond acceptors (Lipinski definition) is 6. The van der Waals surface area contributed by atoms with E-state index in [1.165, 1.54) is 13.3 Å². The molecule has 0 radical (unpaired) electrons. The van der Waals surface area contributed by atoms with Crippen molar-refractivity contribution in [3.63, 3.8) is 0 Å². The molecule has 0 unspecified atom stereocenters. The Hall–Kier alpha value is -4.65. The molecule has 0 saturated heterocycles. The Morgan fingerprint density at radius 2 is 1.64 bits per heavy atom. The number of carbonyl (C=O) groups excluding carboxylic acids is 2. The second-order valence-corrected chi connectivity index (χ2v) is 8.14. The molecule has 0 fully saturated rings. The zero-order valence-corrected chi connectivity index (χ0v) is 20.2. The van der Waals surface area contributed by atoms with Crippen molar-refractivity contribution in [1.29, 1.82) is 0 Å². The van der Waals surface area contributed by atoms with Crippen LogP contribution in [-0.2, 0) is 4.79 Å². The predicted octanol–water partition coefficient (Wildman–Crippen LogP) is 5.29. The first kappa shape index (κ1) is 24.5. The van der Waals surface area contributed by atoms with Crippen LogP contribution in [0, 0.1) is 6.92 Å². The molecule has 0 aliphatic rings. The first-order chi connectivity index (χ1) is 17.4. The van der Waals surface area contributed by atoms with Crippen molar-refractivity contribution in [2.24, 2.45) is 5.10 Å². The number of benzene rings is 4. The lowest BCUT2D eigenvalue weighted by Crippen LogP contribution is -2.33. The Morgan fingerprint density at radius 1 is 0.889 bits per heavy atom. The number of amides is 1. The number of rotatable bonds is 8. The molecule has 1 N–H and O–H groups in total. The number of aryl methyl sites for hydroxylation is 1. The molecule has 4 aromatic carbocycles. The average Bonchev–Trinajstić information content (AvgIpc) is 2.89. The summed E-state index contributed by atoms with van der Waals surface area (Å²) in [5.41, 5.74) is 4.62. The Labute approximate surface area is 209 Å². The van der Waals surface area contributed by atoms with Gasteiger partial charge in [-0.05, 0) is 61.2 Å². The minimum atomic E-state index is -0.758. The third-order valence-corrected chi connectivity index (χ3v) is 5.49. The molecule has 0 spiro atoms. The molecule has 0 bridgehead atoms. The summed E-state index contributed by atoms with van der Waals surface area (Å²) in [5, 5.41) is 5.98. The van der Waals surface area contributed by atoms with Gasteiger partial charge in [-0.3, -0.25) is 4.79 Å². The van der Waals surface area contributed by atoms with Crippen molar-refractivity contribution in [2.45, 2.75) is 20.0 Å². The molecule has 1 atom stereocenters. The van der Waals surface area contributed by atoms with Crippen LogP contribution in [-0.4, -0.2) is 31.3 Å². The van der Waals surface area contributed by atoms with E-state index < -0.39 is 18.0 Å². The molecule has 4 rings (SSSR count). The van der Waals surface area contributed by atoms with E-state index in [-0.39, 0.29) is 5.75 Å². The molecular formula is C29H26N2O5. The highest BCUT2D eigenvalue weighted by Gasteiger charge is 2.16. The second-order valence-electron chi connectivity index (χ2n) is 8.14. The largest absolute Gasteiger partial charge is 0.493 e. The monoisotopic (exact) mass is 482 g/mol. The normalized spacial score (nSPS) is 11.8. The van der Waals surface area contributed by atoms with E-state index >= 15 is 0 Å². The lowest BCUT2D eigenvalue weighted by Gasteiger charge is -2.14. The van der Waals surface area contributed by atoms with Crippen molar-refractivity contribution < 1.29 is 23.8 Å². The average molecular weight is 483 g/mol. The number of esters is 1. The molecule has 0 aliphatic carbocycles. The first-order valence-corrected chi connectivity index (χ1v) is 11.4. The molecule has 7 nitrogen and oxygen atoms in total. The Balaban J connectivity index is 1.37. The van der Waals surface area contributed by atoms with Gasteiger partial charge < -0.3 is 14.2 Å². The van der Waals surface area contributed by atoms with E-state index in [2.05, 4.69) is 10.5 Å². The minimum Gasteiger partial charge on any atom is -0.493 e. The van der Waals surface area contributed by atoms with Crippen LogP contribution in [0.25, 0.3) is 10.8 Å². The Kier molecular flexibility index (Phi) is 7.60. The number of ether oxygens (including phenoxy) is 3. The van der Waals surface area contributed by atoms with Crippen molar-refractivity contribution in [1.82, 2.24) is 5.43 Å². The summed E-state index contributed by atoms with van der Waals surface area (Å²) in [4.78, 5) is 24.9. The predicted molar refractivity (Wildman–Crippen MR) is 139 cm³/mol. The van der Waals surface area contributed by atoms with Gasteiger partial charge in [0.1, 0.15) is 5.75 Å². The highest BCUT2D eigenvalue weighted by molar-refractivity contribution is 5.92. The van der Waals surface area contributed by atoms with Crippen LogP contribution in [0.3, 0.4) is 0 Å². The van der Waals surface area contributed by atoms with Gasteiger partial charge in [0, 0.05) is 5.39 Å².